The molecule has 1 aliphatic rings. The third-order valence-electron chi connectivity index (χ3n) is 4.75. The first kappa shape index (κ1) is 22.7. The van der Waals surface area contributed by atoms with Gasteiger partial charge in [-0.2, -0.15) is 0 Å². The Bertz CT molecular complexity index is 551. The van der Waals surface area contributed by atoms with Crippen LogP contribution in [0.25, 0.3) is 0 Å². The molecule has 158 valence electrons. The molecule has 0 bridgehead atoms. The van der Waals surface area contributed by atoms with E-state index in [0.717, 1.165) is 12.8 Å². The van der Waals surface area contributed by atoms with Gasteiger partial charge < -0.3 is 34.8 Å². The number of hydrogen-bond donors (Lipinski definition) is 4. The molecule has 0 radical (unpaired) electrons. The fourth-order valence-corrected chi connectivity index (χ4v) is 2.75. The van der Waals surface area contributed by atoms with Gasteiger partial charge >= 0.3 is 0 Å². The van der Waals surface area contributed by atoms with Crippen LogP contribution in [0.2, 0.25) is 0 Å². The smallest absolute Gasteiger partial charge is 0.222 e. The minimum Gasteiger partial charge on any atom is -0.394 e. The number of carbonyl (C=O) groups is 1. The number of carbonyl (C=O) groups excluding carboxylic acids is 1. The average molecular weight is 397 g/mol. The summed E-state index contributed by atoms with van der Waals surface area (Å²) in [7, 11) is 0. The molecule has 0 spiro atoms. The number of ether oxygens (including phenoxy) is 3. The zero-order valence-corrected chi connectivity index (χ0v) is 16.1. The van der Waals surface area contributed by atoms with Crippen LogP contribution < -0.4 is 5.32 Å². The highest BCUT2D eigenvalue weighted by Gasteiger charge is 2.31. The number of benzene rings is 1. The summed E-state index contributed by atoms with van der Waals surface area (Å²) in [5.74, 6) is -0.407. The van der Waals surface area contributed by atoms with Crippen LogP contribution in [0, 0.1) is 0 Å². The van der Waals surface area contributed by atoms with Crippen molar-refractivity contribution >= 4 is 5.91 Å². The van der Waals surface area contributed by atoms with Crippen LogP contribution in [0.4, 0.5) is 0 Å². The molecule has 8 heteroatoms. The van der Waals surface area contributed by atoms with Crippen LogP contribution >= 0.6 is 0 Å². The van der Waals surface area contributed by atoms with Crippen molar-refractivity contribution in [3.63, 3.8) is 0 Å². The molecule has 8 nitrogen and oxygen atoms in total. The molecule has 0 saturated heterocycles. The van der Waals surface area contributed by atoms with Crippen molar-refractivity contribution in [3.8, 4) is 0 Å². The van der Waals surface area contributed by atoms with E-state index < -0.39 is 31.3 Å². The zero-order valence-electron chi connectivity index (χ0n) is 16.1. The normalized spacial score (nSPS) is 19.2. The van der Waals surface area contributed by atoms with Gasteiger partial charge in [0, 0.05) is 6.42 Å². The Balaban J connectivity index is 1.45. The number of amides is 1. The van der Waals surface area contributed by atoms with Crippen LogP contribution in [-0.2, 0) is 25.6 Å². The van der Waals surface area contributed by atoms with Gasteiger partial charge in [0.1, 0.15) is 5.54 Å². The van der Waals surface area contributed by atoms with E-state index in [1.54, 1.807) is 0 Å². The van der Waals surface area contributed by atoms with Crippen molar-refractivity contribution in [1.29, 1.82) is 0 Å². The lowest BCUT2D eigenvalue weighted by molar-refractivity contribution is -0.127. The van der Waals surface area contributed by atoms with Gasteiger partial charge in [0.25, 0.3) is 0 Å². The molecule has 1 saturated carbocycles. The lowest BCUT2D eigenvalue weighted by atomic mass is 9.92. The third-order valence-corrected chi connectivity index (χ3v) is 4.75. The van der Waals surface area contributed by atoms with E-state index in [1.807, 2.05) is 30.3 Å². The van der Waals surface area contributed by atoms with E-state index in [-0.39, 0.29) is 25.2 Å². The van der Waals surface area contributed by atoms with E-state index in [0.29, 0.717) is 19.8 Å². The second-order valence-corrected chi connectivity index (χ2v) is 7.05. The maximum absolute atomic E-state index is 11.8. The Labute approximate surface area is 165 Å². The topological polar surface area (TPSA) is 117 Å². The largest absolute Gasteiger partial charge is 0.394 e. The maximum Gasteiger partial charge on any atom is 0.222 e. The highest BCUT2D eigenvalue weighted by molar-refractivity contribution is 5.77. The molecule has 1 fully saturated rings. The van der Waals surface area contributed by atoms with Gasteiger partial charge in [-0.25, -0.2) is 0 Å². The average Bonchev–Trinajstić information content (AvgIpc) is 2.70. The summed E-state index contributed by atoms with van der Waals surface area (Å²) in [5.41, 5.74) is -0.234. The van der Waals surface area contributed by atoms with Crippen molar-refractivity contribution in [1.82, 2.24) is 5.32 Å². The molecule has 0 unspecified atom stereocenters. The lowest BCUT2D eigenvalue weighted by Crippen LogP contribution is -2.57. The van der Waals surface area contributed by atoms with Crippen molar-refractivity contribution in [2.75, 3.05) is 39.6 Å². The third kappa shape index (κ3) is 7.46. The molecule has 4 N–H and O–H groups in total. The van der Waals surface area contributed by atoms with Gasteiger partial charge in [-0.1, -0.05) is 30.3 Å². The molecule has 0 aliphatic heterocycles. The van der Waals surface area contributed by atoms with Crippen LogP contribution in [0.15, 0.2) is 30.3 Å². The lowest BCUT2D eigenvalue weighted by Gasteiger charge is -2.34. The first-order valence-electron chi connectivity index (χ1n) is 9.59. The monoisotopic (exact) mass is 397 g/mol. The van der Waals surface area contributed by atoms with E-state index in [9.17, 15) is 4.79 Å². The minimum absolute atomic E-state index is 0.0700. The standard InChI is InChI=1S/C20H31NO7/c22-13-20(14-23,15-24)21-19(25)6-7-26-8-9-27-17-10-18(11-17)28-12-16-4-2-1-3-5-16/h1-5,17-18,22-24H,6-15H2,(H,21,25). The van der Waals surface area contributed by atoms with Crippen LogP contribution in [0.3, 0.4) is 0 Å². The Morgan fingerprint density at radius 1 is 0.964 bits per heavy atom. The van der Waals surface area contributed by atoms with Crippen LogP contribution in [-0.4, -0.2) is 78.6 Å². The van der Waals surface area contributed by atoms with Gasteiger partial charge in [-0.05, 0) is 18.4 Å². The number of nitrogens with one attached hydrogen (secondary N) is 1. The molecule has 2 rings (SSSR count). The molecule has 1 aromatic carbocycles. The summed E-state index contributed by atoms with van der Waals surface area (Å²) in [4.78, 5) is 11.8. The molecular weight excluding hydrogens is 366 g/mol. The summed E-state index contributed by atoms with van der Waals surface area (Å²) >= 11 is 0. The second kappa shape index (κ2) is 12.1. The Kier molecular flexibility index (Phi) is 9.83. The molecule has 0 aromatic heterocycles. The maximum atomic E-state index is 11.8. The van der Waals surface area contributed by atoms with Gasteiger partial charge in [0.15, 0.2) is 0 Å². The minimum atomic E-state index is -1.40. The van der Waals surface area contributed by atoms with E-state index >= 15 is 0 Å². The first-order valence-corrected chi connectivity index (χ1v) is 9.59. The van der Waals surface area contributed by atoms with Crippen LogP contribution in [0.1, 0.15) is 24.8 Å². The van der Waals surface area contributed by atoms with Crippen LogP contribution in [0.5, 0.6) is 0 Å². The molecular formula is C20H31NO7. The molecule has 1 aromatic rings. The number of rotatable bonds is 14. The molecule has 0 atom stereocenters. The van der Waals surface area contributed by atoms with Gasteiger partial charge in [0.05, 0.1) is 58.5 Å². The second-order valence-electron chi connectivity index (χ2n) is 7.05. The van der Waals surface area contributed by atoms with Gasteiger partial charge in [-0.3, -0.25) is 4.79 Å². The molecule has 1 aliphatic carbocycles. The SMILES string of the molecule is O=C(CCOCCOC1CC(OCc2ccccc2)C1)NC(CO)(CO)CO. The predicted molar refractivity (Wildman–Crippen MR) is 102 cm³/mol. The highest BCUT2D eigenvalue weighted by Crippen LogP contribution is 2.27. The number of aliphatic hydroxyl groups excluding tert-OH is 3. The quantitative estimate of drug-likeness (QED) is 0.326. The Hall–Kier alpha value is -1.55. The fourth-order valence-electron chi connectivity index (χ4n) is 2.75. The molecule has 1 amide bonds. The highest BCUT2D eigenvalue weighted by atomic mass is 16.5. The number of hydrogen-bond acceptors (Lipinski definition) is 7. The van der Waals surface area contributed by atoms with Gasteiger partial charge in [0.2, 0.25) is 5.91 Å². The Morgan fingerprint density at radius 3 is 2.25 bits per heavy atom. The zero-order chi connectivity index (χ0) is 20.2. The number of aliphatic hydroxyl groups is 3. The van der Waals surface area contributed by atoms with Crippen molar-refractivity contribution in [2.45, 2.75) is 43.6 Å². The van der Waals surface area contributed by atoms with Crippen molar-refractivity contribution in [3.05, 3.63) is 35.9 Å². The first-order chi connectivity index (χ1) is 13.6. The summed E-state index contributed by atoms with van der Waals surface area (Å²) in [5, 5.41) is 29.9. The van der Waals surface area contributed by atoms with E-state index in [1.165, 1.54) is 5.56 Å². The summed E-state index contributed by atoms with van der Waals surface area (Å²) in [6.45, 7) is 0.0121. The predicted octanol–water partition coefficient (Wildman–Crippen LogP) is -0.0106. The molecule has 28 heavy (non-hydrogen) atoms. The fraction of sp³-hybridized carbons (Fsp3) is 0.650. The molecule has 0 heterocycles. The van der Waals surface area contributed by atoms with E-state index in [4.69, 9.17) is 29.5 Å². The van der Waals surface area contributed by atoms with Gasteiger partial charge in [-0.15, -0.1) is 0 Å². The summed E-state index contributed by atoms with van der Waals surface area (Å²) in [6.07, 6.45) is 2.24. The van der Waals surface area contributed by atoms with Crippen molar-refractivity contribution < 1.29 is 34.3 Å². The van der Waals surface area contributed by atoms with Crippen molar-refractivity contribution in [2.24, 2.45) is 0 Å². The summed E-state index contributed by atoms with van der Waals surface area (Å²) < 4.78 is 16.9. The van der Waals surface area contributed by atoms with E-state index in [2.05, 4.69) is 5.32 Å². The summed E-state index contributed by atoms with van der Waals surface area (Å²) in [6, 6.07) is 10.1. The Morgan fingerprint density at radius 2 is 1.61 bits per heavy atom.